The monoisotopic (exact) mass is 338 g/mol. The van der Waals surface area contributed by atoms with Gasteiger partial charge in [0.05, 0.1) is 6.26 Å². The SMILES string of the molecule is Nc1nc(N2CC[C@@H]3CCCC[C@H]3C2)cc2nc(-c3ccco3)nn12. The second-order valence-electron chi connectivity index (χ2n) is 7.19. The van der Waals surface area contributed by atoms with E-state index in [9.17, 15) is 0 Å². The standard InChI is InChI=1S/C18H22N6O/c19-18-21-15(23-8-7-12-4-1-2-5-13(12)11-23)10-16-20-17(22-24(16)18)14-6-3-9-25-14/h3,6,9-10,12-13H,1-2,4-5,7-8,11H2,(H2,19,21)/t12-,13-/m0/s1. The predicted molar refractivity (Wildman–Crippen MR) is 95.2 cm³/mol. The van der Waals surface area contributed by atoms with Gasteiger partial charge in [0.15, 0.2) is 11.4 Å². The first-order valence-electron chi connectivity index (χ1n) is 9.10. The van der Waals surface area contributed by atoms with Gasteiger partial charge in [-0.05, 0) is 36.8 Å². The molecule has 0 spiro atoms. The molecule has 4 heterocycles. The van der Waals surface area contributed by atoms with Crippen molar-refractivity contribution in [1.29, 1.82) is 0 Å². The summed E-state index contributed by atoms with van der Waals surface area (Å²) in [5.74, 6) is 4.12. The van der Waals surface area contributed by atoms with Crippen molar-refractivity contribution in [3.63, 3.8) is 0 Å². The van der Waals surface area contributed by atoms with E-state index in [4.69, 9.17) is 10.2 Å². The Hall–Kier alpha value is -2.57. The van der Waals surface area contributed by atoms with Gasteiger partial charge in [-0.3, -0.25) is 0 Å². The van der Waals surface area contributed by atoms with Crippen molar-refractivity contribution in [2.24, 2.45) is 11.8 Å². The molecule has 5 rings (SSSR count). The first-order chi connectivity index (χ1) is 12.3. The van der Waals surface area contributed by atoms with Gasteiger partial charge in [0.25, 0.3) is 0 Å². The van der Waals surface area contributed by atoms with E-state index in [1.54, 1.807) is 10.8 Å². The lowest BCUT2D eigenvalue weighted by Crippen LogP contribution is -2.42. The average Bonchev–Trinajstić information content (AvgIpc) is 3.30. The van der Waals surface area contributed by atoms with Crippen molar-refractivity contribution in [3.8, 4) is 11.6 Å². The van der Waals surface area contributed by atoms with Gasteiger partial charge in [0.2, 0.25) is 11.8 Å². The van der Waals surface area contributed by atoms with E-state index in [-0.39, 0.29) is 0 Å². The molecule has 2 aliphatic rings. The van der Waals surface area contributed by atoms with Crippen LogP contribution in [0.3, 0.4) is 0 Å². The fourth-order valence-electron chi connectivity index (χ4n) is 4.38. The van der Waals surface area contributed by atoms with Gasteiger partial charge in [-0.15, -0.1) is 5.10 Å². The Morgan fingerprint density at radius 1 is 1.12 bits per heavy atom. The van der Waals surface area contributed by atoms with Crippen molar-refractivity contribution in [1.82, 2.24) is 19.6 Å². The highest BCUT2D eigenvalue weighted by molar-refractivity contribution is 5.59. The van der Waals surface area contributed by atoms with E-state index in [1.807, 2.05) is 18.2 Å². The second kappa shape index (κ2) is 5.75. The predicted octanol–water partition coefficient (Wildman–Crippen LogP) is 2.98. The van der Waals surface area contributed by atoms with Crippen LogP contribution in [0.5, 0.6) is 0 Å². The molecule has 7 nitrogen and oxygen atoms in total. The van der Waals surface area contributed by atoms with Crippen molar-refractivity contribution in [2.75, 3.05) is 23.7 Å². The Morgan fingerprint density at radius 2 is 2.00 bits per heavy atom. The van der Waals surface area contributed by atoms with E-state index in [1.165, 1.54) is 32.1 Å². The molecule has 2 atom stereocenters. The minimum absolute atomic E-state index is 0.364. The normalized spacial score (nSPS) is 23.8. The second-order valence-corrected chi connectivity index (χ2v) is 7.19. The Balaban J connectivity index is 1.47. The quantitative estimate of drug-likeness (QED) is 0.773. The van der Waals surface area contributed by atoms with Crippen LogP contribution in [0.1, 0.15) is 32.1 Å². The van der Waals surface area contributed by atoms with Crippen molar-refractivity contribution in [2.45, 2.75) is 32.1 Å². The topological polar surface area (TPSA) is 85.5 Å². The number of nitrogens with two attached hydrogens (primary N) is 1. The zero-order valence-corrected chi connectivity index (χ0v) is 14.1. The minimum atomic E-state index is 0.364. The number of rotatable bonds is 2. The third-order valence-electron chi connectivity index (χ3n) is 5.69. The number of hydrogen-bond acceptors (Lipinski definition) is 6. The molecule has 0 unspecified atom stereocenters. The largest absolute Gasteiger partial charge is 0.461 e. The van der Waals surface area contributed by atoms with E-state index in [2.05, 4.69) is 20.0 Å². The third kappa shape index (κ3) is 2.54. The summed E-state index contributed by atoms with van der Waals surface area (Å²) in [5.41, 5.74) is 6.86. The maximum atomic E-state index is 6.15. The van der Waals surface area contributed by atoms with Crippen LogP contribution in [0.4, 0.5) is 11.8 Å². The highest BCUT2D eigenvalue weighted by Gasteiger charge is 2.32. The molecule has 1 aliphatic carbocycles. The smallest absolute Gasteiger partial charge is 0.225 e. The number of nitrogens with zero attached hydrogens (tertiary/aromatic N) is 5. The first kappa shape index (κ1) is 14.7. The maximum Gasteiger partial charge on any atom is 0.225 e. The lowest BCUT2D eigenvalue weighted by atomic mass is 9.75. The minimum Gasteiger partial charge on any atom is -0.461 e. The van der Waals surface area contributed by atoms with Crippen molar-refractivity contribution in [3.05, 3.63) is 24.5 Å². The van der Waals surface area contributed by atoms with Gasteiger partial charge in [-0.1, -0.05) is 19.3 Å². The Morgan fingerprint density at radius 3 is 2.84 bits per heavy atom. The summed E-state index contributed by atoms with van der Waals surface area (Å²) in [6.07, 6.45) is 8.36. The number of furan rings is 1. The summed E-state index contributed by atoms with van der Waals surface area (Å²) in [6, 6.07) is 5.65. The highest BCUT2D eigenvalue weighted by atomic mass is 16.3. The summed E-state index contributed by atoms with van der Waals surface area (Å²) in [5, 5.41) is 4.41. The molecular weight excluding hydrogens is 316 g/mol. The molecule has 2 N–H and O–H groups in total. The van der Waals surface area contributed by atoms with Gasteiger partial charge in [0.1, 0.15) is 5.82 Å². The Kier molecular flexibility index (Phi) is 3.39. The molecular formula is C18H22N6O. The number of fused-ring (bicyclic) bond motifs is 2. The maximum absolute atomic E-state index is 6.15. The van der Waals surface area contributed by atoms with Crippen LogP contribution in [0.15, 0.2) is 28.9 Å². The number of anilines is 2. The van der Waals surface area contributed by atoms with Crippen LogP contribution in [0, 0.1) is 11.8 Å². The molecule has 3 aromatic rings. The fourth-order valence-corrected chi connectivity index (χ4v) is 4.38. The molecule has 0 radical (unpaired) electrons. The molecule has 0 bridgehead atoms. The summed E-state index contributed by atoms with van der Waals surface area (Å²) in [7, 11) is 0. The van der Waals surface area contributed by atoms with Crippen LogP contribution in [-0.4, -0.2) is 32.7 Å². The first-order valence-corrected chi connectivity index (χ1v) is 9.10. The molecule has 1 aliphatic heterocycles. The van der Waals surface area contributed by atoms with Gasteiger partial charge in [-0.25, -0.2) is 4.98 Å². The number of nitrogen functional groups attached to an aromatic ring is 1. The molecule has 0 aromatic carbocycles. The van der Waals surface area contributed by atoms with Crippen molar-refractivity contribution >= 4 is 17.4 Å². The van der Waals surface area contributed by atoms with E-state index in [0.717, 1.165) is 30.7 Å². The summed E-state index contributed by atoms with van der Waals surface area (Å²) < 4.78 is 6.96. The van der Waals surface area contributed by atoms with Gasteiger partial charge >= 0.3 is 0 Å². The third-order valence-corrected chi connectivity index (χ3v) is 5.69. The summed E-state index contributed by atoms with van der Waals surface area (Å²) >= 11 is 0. The van der Waals surface area contributed by atoms with Gasteiger partial charge < -0.3 is 15.1 Å². The van der Waals surface area contributed by atoms with Crippen LogP contribution < -0.4 is 10.6 Å². The number of aromatic nitrogens is 4. The van der Waals surface area contributed by atoms with Crippen LogP contribution in [0.2, 0.25) is 0 Å². The van der Waals surface area contributed by atoms with E-state index >= 15 is 0 Å². The van der Waals surface area contributed by atoms with Crippen molar-refractivity contribution < 1.29 is 4.42 Å². The zero-order chi connectivity index (χ0) is 16.8. The van der Waals surface area contributed by atoms with Crippen LogP contribution in [0.25, 0.3) is 17.2 Å². The fraction of sp³-hybridized carbons (Fsp3) is 0.500. The number of piperidine rings is 1. The lowest BCUT2D eigenvalue weighted by Gasteiger charge is -2.41. The molecule has 2 fully saturated rings. The van der Waals surface area contributed by atoms with E-state index < -0.39 is 0 Å². The molecule has 0 amide bonds. The van der Waals surface area contributed by atoms with Crippen LogP contribution in [-0.2, 0) is 0 Å². The van der Waals surface area contributed by atoms with Crippen LogP contribution >= 0.6 is 0 Å². The summed E-state index contributed by atoms with van der Waals surface area (Å²) in [6.45, 7) is 2.12. The molecule has 1 saturated carbocycles. The zero-order valence-electron chi connectivity index (χ0n) is 14.1. The number of hydrogen-bond donors (Lipinski definition) is 1. The average molecular weight is 338 g/mol. The van der Waals surface area contributed by atoms with Gasteiger partial charge in [-0.2, -0.15) is 9.50 Å². The van der Waals surface area contributed by atoms with E-state index in [0.29, 0.717) is 23.2 Å². The summed E-state index contributed by atoms with van der Waals surface area (Å²) in [4.78, 5) is 11.5. The molecule has 7 heteroatoms. The molecule has 3 aromatic heterocycles. The molecule has 1 saturated heterocycles. The highest BCUT2D eigenvalue weighted by Crippen LogP contribution is 2.37. The molecule has 130 valence electrons. The lowest BCUT2D eigenvalue weighted by molar-refractivity contribution is 0.202. The Labute approximate surface area is 145 Å². The molecule has 25 heavy (non-hydrogen) atoms. The van der Waals surface area contributed by atoms with Gasteiger partial charge in [0, 0.05) is 19.2 Å². The Bertz CT molecular complexity index is 886.